The van der Waals surface area contributed by atoms with Gasteiger partial charge in [-0.3, -0.25) is 0 Å². The molecule has 0 aliphatic carbocycles. The van der Waals surface area contributed by atoms with Gasteiger partial charge in [0.25, 0.3) is 0 Å². The number of alkyl halides is 3. The summed E-state index contributed by atoms with van der Waals surface area (Å²) in [7, 11) is 2.75. The molecule has 1 aromatic carbocycles. The number of esters is 1. The fraction of sp³-hybridized carbons (Fsp3) is 0.375. The highest BCUT2D eigenvalue weighted by atomic mass is 19.4. The van der Waals surface area contributed by atoms with Gasteiger partial charge >= 0.3 is 12.1 Å². The van der Waals surface area contributed by atoms with E-state index in [4.69, 9.17) is 14.2 Å². The Bertz CT molecular complexity index is 925. The molecule has 12 heteroatoms. The Labute approximate surface area is 157 Å². The van der Waals surface area contributed by atoms with Crippen LogP contribution in [0.5, 0.6) is 11.5 Å². The maximum absolute atomic E-state index is 13.7. The number of ether oxygens (including phenoxy) is 3. The molecule has 2 aromatic rings. The maximum Gasteiger partial charge on any atom is 0.431 e. The molecule has 2 heterocycles. The van der Waals surface area contributed by atoms with Gasteiger partial charge in [0.2, 0.25) is 5.95 Å². The molecule has 1 aliphatic rings. The number of fused-ring (bicyclic) bond motifs is 1. The average molecular weight is 399 g/mol. The molecule has 9 nitrogen and oxygen atoms in total. The first-order valence-electron chi connectivity index (χ1n) is 8.07. The minimum atomic E-state index is -4.89. The van der Waals surface area contributed by atoms with Gasteiger partial charge in [-0.25, -0.2) is 4.79 Å². The van der Waals surface area contributed by atoms with Crippen LogP contribution in [0, 0.1) is 0 Å². The van der Waals surface area contributed by atoms with Crippen LogP contribution in [0.1, 0.15) is 18.5 Å². The summed E-state index contributed by atoms with van der Waals surface area (Å²) < 4.78 is 57.6. The second kappa shape index (κ2) is 7.37. The lowest BCUT2D eigenvalue weighted by molar-refractivity contribution is -0.140. The van der Waals surface area contributed by atoms with Crippen LogP contribution in [0.3, 0.4) is 0 Å². The van der Waals surface area contributed by atoms with Crippen molar-refractivity contribution in [2.24, 2.45) is 0 Å². The number of hydrogen-bond acceptors (Lipinski definition) is 8. The van der Waals surface area contributed by atoms with Crippen molar-refractivity contribution in [2.45, 2.75) is 19.1 Å². The van der Waals surface area contributed by atoms with E-state index in [-0.39, 0.29) is 23.9 Å². The minimum absolute atomic E-state index is 0.113. The third-order valence-electron chi connectivity index (χ3n) is 4.03. The Balaban J connectivity index is 2.32. The van der Waals surface area contributed by atoms with E-state index in [1.807, 2.05) is 0 Å². The van der Waals surface area contributed by atoms with Gasteiger partial charge < -0.3 is 19.5 Å². The minimum Gasteiger partial charge on any atom is -0.497 e. The third kappa shape index (κ3) is 3.32. The van der Waals surface area contributed by atoms with Gasteiger partial charge in [0.05, 0.1) is 26.4 Å². The lowest BCUT2D eigenvalue weighted by Gasteiger charge is -2.30. The van der Waals surface area contributed by atoms with E-state index in [0.29, 0.717) is 5.75 Å². The summed E-state index contributed by atoms with van der Waals surface area (Å²) in [5.74, 6) is -0.869. The van der Waals surface area contributed by atoms with Gasteiger partial charge in [-0.15, -0.1) is 0 Å². The number of methoxy groups -OCH3 is 2. The molecule has 1 atom stereocenters. The Hall–Kier alpha value is -3.31. The summed E-state index contributed by atoms with van der Waals surface area (Å²) in [6.07, 6.45) is -4.89. The zero-order valence-electron chi connectivity index (χ0n) is 15.1. The van der Waals surface area contributed by atoms with E-state index in [1.54, 1.807) is 6.07 Å². The second-order valence-electron chi connectivity index (χ2n) is 5.59. The van der Waals surface area contributed by atoms with E-state index in [9.17, 15) is 18.0 Å². The highest BCUT2D eigenvalue weighted by Gasteiger charge is 2.47. The summed E-state index contributed by atoms with van der Waals surface area (Å²) in [6.45, 7) is 1.38. The molecule has 1 N–H and O–H groups in total. The van der Waals surface area contributed by atoms with Gasteiger partial charge in [-0.05, 0) is 35.5 Å². The van der Waals surface area contributed by atoms with E-state index in [0.717, 1.165) is 4.68 Å². The lowest BCUT2D eigenvalue weighted by atomic mass is 9.94. The number of rotatable bonds is 5. The number of carbonyl (C=O) groups is 1. The average Bonchev–Trinajstić information content (AvgIpc) is 3.13. The standard InChI is InChI=1S/C16H16F3N5O4/c1-4-28-14(25)11-12(9-7-8(26-2)5-6-10(9)27-3)24-15(21-22-23-24)20-13(11)16(17,18)19/h5-7,12H,4H2,1-3H3,(H,20,21,23)/t12-/m0/s1. The predicted octanol–water partition coefficient (Wildman–Crippen LogP) is 2.08. The first kappa shape index (κ1) is 19.5. The van der Waals surface area contributed by atoms with Gasteiger partial charge in [0.15, 0.2) is 0 Å². The van der Waals surface area contributed by atoms with Gasteiger partial charge in [-0.2, -0.15) is 17.9 Å². The molecule has 1 aromatic heterocycles. The second-order valence-corrected chi connectivity index (χ2v) is 5.59. The number of benzene rings is 1. The number of nitrogens with one attached hydrogen (secondary N) is 1. The van der Waals surface area contributed by atoms with Crippen molar-refractivity contribution in [2.75, 3.05) is 26.1 Å². The SMILES string of the molecule is CCOC(=O)C1=C(C(F)(F)F)Nc2nnnn2[C@H]1c1cc(OC)ccc1OC. The van der Waals surface area contributed by atoms with Gasteiger partial charge in [0.1, 0.15) is 23.2 Å². The highest BCUT2D eigenvalue weighted by Crippen LogP contribution is 2.44. The Morgan fingerprint density at radius 2 is 2.04 bits per heavy atom. The van der Waals surface area contributed by atoms with Crippen LogP contribution in [0.15, 0.2) is 29.5 Å². The topological polar surface area (TPSA) is 100 Å². The largest absolute Gasteiger partial charge is 0.497 e. The van der Waals surface area contributed by atoms with Gasteiger partial charge in [-0.1, -0.05) is 5.10 Å². The molecule has 0 saturated carbocycles. The monoisotopic (exact) mass is 399 g/mol. The van der Waals surface area contributed by atoms with E-state index < -0.39 is 29.5 Å². The molecule has 0 amide bonds. The fourth-order valence-corrected chi connectivity index (χ4v) is 2.87. The molecule has 28 heavy (non-hydrogen) atoms. The molecular formula is C16H16F3N5O4. The van der Waals surface area contributed by atoms with Crippen molar-refractivity contribution < 1.29 is 32.2 Å². The van der Waals surface area contributed by atoms with E-state index >= 15 is 0 Å². The maximum atomic E-state index is 13.7. The number of tetrazole rings is 1. The molecule has 1 aliphatic heterocycles. The molecule has 0 bridgehead atoms. The molecular weight excluding hydrogens is 383 g/mol. The predicted molar refractivity (Wildman–Crippen MR) is 88.8 cm³/mol. The van der Waals surface area contributed by atoms with Crippen molar-refractivity contribution in [3.63, 3.8) is 0 Å². The Morgan fingerprint density at radius 1 is 1.29 bits per heavy atom. The molecule has 0 saturated heterocycles. The van der Waals surface area contributed by atoms with Crippen LogP contribution in [0.2, 0.25) is 0 Å². The first-order chi connectivity index (χ1) is 13.3. The van der Waals surface area contributed by atoms with Crippen molar-refractivity contribution in [3.8, 4) is 11.5 Å². The van der Waals surface area contributed by atoms with Crippen LogP contribution < -0.4 is 14.8 Å². The number of halogens is 3. The quantitative estimate of drug-likeness (QED) is 0.763. The van der Waals surface area contributed by atoms with Gasteiger partial charge in [0, 0.05) is 5.56 Å². The Kier molecular flexibility index (Phi) is 5.12. The summed E-state index contributed by atoms with van der Waals surface area (Å²) >= 11 is 0. The van der Waals surface area contributed by atoms with Crippen LogP contribution in [0.25, 0.3) is 0 Å². The molecule has 0 spiro atoms. The molecule has 150 valence electrons. The summed E-state index contributed by atoms with van der Waals surface area (Å²) in [6, 6.07) is 3.18. The van der Waals surface area contributed by atoms with Crippen LogP contribution in [0.4, 0.5) is 19.1 Å². The Morgan fingerprint density at radius 3 is 2.64 bits per heavy atom. The first-order valence-corrected chi connectivity index (χ1v) is 8.07. The zero-order valence-corrected chi connectivity index (χ0v) is 15.1. The highest BCUT2D eigenvalue weighted by molar-refractivity contribution is 5.93. The fourth-order valence-electron chi connectivity index (χ4n) is 2.87. The molecule has 0 fully saturated rings. The number of nitrogens with zero attached hydrogens (tertiary/aromatic N) is 4. The lowest BCUT2D eigenvalue weighted by Crippen LogP contribution is -2.35. The molecule has 3 rings (SSSR count). The van der Waals surface area contributed by atoms with Crippen LogP contribution in [-0.2, 0) is 9.53 Å². The van der Waals surface area contributed by atoms with Crippen LogP contribution >= 0.6 is 0 Å². The van der Waals surface area contributed by atoms with Crippen molar-refractivity contribution in [1.82, 2.24) is 20.2 Å². The molecule has 0 unspecified atom stereocenters. The normalized spacial score (nSPS) is 16.3. The van der Waals surface area contributed by atoms with Crippen molar-refractivity contribution >= 4 is 11.9 Å². The van der Waals surface area contributed by atoms with Crippen molar-refractivity contribution in [3.05, 3.63) is 35.0 Å². The number of hydrogen-bond donors (Lipinski definition) is 1. The number of carbonyl (C=O) groups excluding carboxylic acids is 1. The number of allylic oxidation sites excluding steroid dienone is 1. The summed E-state index contributed by atoms with van der Waals surface area (Å²) in [5, 5.41) is 12.8. The zero-order chi connectivity index (χ0) is 20.5. The summed E-state index contributed by atoms with van der Waals surface area (Å²) in [5.41, 5.74) is -1.80. The molecule has 0 radical (unpaired) electrons. The smallest absolute Gasteiger partial charge is 0.431 e. The van der Waals surface area contributed by atoms with Crippen molar-refractivity contribution in [1.29, 1.82) is 0 Å². The van der Waals surface area contributed by atoms with E-state index in [1.165, 1.54) is 33.3 Å². The van der Waals surface area contributed by atoms with E-state index in [2.05, 4.69) is 20.8 Å². The number of anilines is 1. The summed E-state index contributed by atoms with van der Waals surface area (Å²) in [4.78, 5) is 12.6. The third-order valence-corrected chi connectivity index (χ3v) is 4.03. The number of aromatic nitrogens is 4. The van der Waals surface area contributed by atoms with Crippen LogP contribution in [-0.4, -0.2) is 53.2 Å².